The highest BCUT2D eigenvalue weighted by atomic mass is 16.8. The topological polar surface area (TPSA) is 77.4 Å². The molecule has 0 saturated carbocycles. The van der Waals surface area contributed by atoms with Crippen LogP contribution < -0.4 is 0 Å². The van der Waals surface area contributed by atoms with Gasteiger partial charge in [-0.15, -0.1) is 6.58 Å². The summed E-state index contributed by atoms with van der Waals surface area (Å²) in [5, 5.41) is 20.4. The Morgan fingerprint density at radius 1 is 1.18 bits per heavy atom. The van der Waals surface area contributed by atoms with Crippen LogP contribution in [0.1, 0.15) is 11.9 Å². The van der Waals surface area contributed by atoms with E-state index in [4.69, 9.17) is 18.9 Å². The largest absolute Gasteiger partial charge is 0.387 e. The molecule has 2 N–H and O–H groups in total. The Morgan fingerprint density at radius 2 is 1.95 bits per heavy atom. The summed E-state index contributed by atoms with van der Waals surface area (Å²) >= 11 is 0. The molecule has 3 rings (SSSR count). The van der Waals surface area contributed by atoms with Gasteiger partial charge in [0.05, 0.1) is 13.2 Å². The van der Waals surface area contributed by atoms with Gasteiger partial charge in [0, 0.05) is 5.56 Å². The Labute approximate surface area is 128 Å². The molecule has 0 aromatic heterocycles. The monoisotopic (exact) mass is 308 g/mol. The van der Waals surface area contributed by atoms with Gasteiger partial charge < -0.3 is 29.2 Å². The summed E-state index contributed by atoms with van der Waals surface area (Å²) in [6, 6.07) is 9.44. The molecular formula is C16H20O6. The van der Waals surface area contributed by atoms with Gasteiger partial charge in [0.25, 0.3) is 0 Å². The molecule has 2 heterocycles. The average molecular weight is 308 g/mol. The van der Waals surface area contributed by atoms with E-state index in [1.165, 1.54) is 0 Å². The van der Waals surface area contributed by atoms with Crippen LogP contribution >= 0.6 is 0 Å². The summed E-state index contributed by atoms with van der Waals surface area (Å²) in [5.74, 6) is 0. The Bertz CT molecular complexity index is 491. The Morgan fingerprint density at radius 3 is 2.68 bits per heavy atom. The molecule has 2 saturated heterocycles. The molecule has 1 aromatic rings. The van der Waals surface area contributed by atoms with Gasteiger partial charge in [0.1, 0.15) is 24.4 Å². The van der Waals surface area contributed by atoms with Crippen molar-refractivity contribution >= 4 is 0 Å². The van der Waals surface area contributed by atoms with Crippen LogP contribution in [0.15, 0.2) is 43.0 Å². The number of aliphatic hydroxyl groups is 2. The number of hydrogen-bond donors (Lipinski definition) is 2. The maximum absolute atomic E-state index is 10.3. The molecular weight excluding hydrogens is 288 g/mol. The lowest BCUT2D eigenvalue weighted by atomic mass is 9.98. The molecule has 0 spiro atoms. The van der Waals surface area contributed by atoms with Crippen molar-refractivity contribution in [1.29, 1.82) is 0 Å². The molecule has 6 heteroatoms. The minimum Gasteiger partial charge on any atom is -0.387 e. The lowest BCUT2D eigenvalue weighted by molar-refractivity contribution is -0.360. The molecule has 2 aliphatic rings. The van der Waals surface area contributed by atoms with Gasteiger partial charge in [-0.3, -0.25) is 0 Å². The maximum Gasteiger partial charge on any atom is 0.187 e. The lowest BCUT2D eigenvalue weighted by Crippen LogP contribution is -2.62. The molecule has 6 atom stereocenters. The molecule has 22 heavy (non-hydrogen) atoms. The fourth-order valence-electron chi connectivity index (χ4n) is 2.66. The van der Waals surface area contributed by atoms with Gasteiger partial charge in [-0.2, -0.15) is 0 Å². The van der Waals surface area contributed by atoms with Crippen molar-refractivity contribution in [3.05, 3.63) is 48.6 Å². The smallest absolute Gasteiger partial charge is 0.187 e. The lowest BCUT2D eigenvalue weighted by Gasteiger charge is -2.46. The first-order valence-corrected chi connectivity index (χ1v) is 7.27. The second-order valence-electron chi connectivity index (χ2n) is 5.32. The fourth-order valence-corrected chi connectivity index (χ4v) is 2.66. The van der Waals surface area contributed by atoms with E-state index in [1.807, 2.05) is 30.3 Å². The van der Waals surface area contributed by atoms with E-state index in [9.17, 15) is 10.2 Å². The van der Waals surface area contributed by atoms with Gasteiger partial charge in [-0.1, -0.05) is 36.4 Å². The molecule has 1 aromatic carbocycles. The summed E-state index contributed by atoms with van der Waals surface area (Å²) < 4.78 is 22.4. The molecule has 2 fully saturated rings. The van der Waals surface area contributed by atoms with Crippen LogP contribution in [0.2, 0.25) is 0 Å². The Kier molecular flexibility index (Phi) is 4.87. The molecule has 6 nitrogen and oxygen atoms in total. The third-order valence-corrected chi connectivity index (χ3v) is 3.78. The second-order valence-corrected chi connectivity index (χ2v) is 5.32. The quantitative estimate of drug-likeness (QED) is 0.799. The highest BCUT2D eigenvalue weighted by Crippen LogP contribution is 2.34. The highest BCUT2D eigenvalue weighted by Gasteiger charge is 2.49. The van der Waals surface area contributed by atoms with Crippen molar-refractivity contribution in [2.45, 2.75) is 37.0 Å². The summed E-state index contributed by atoms with van der Waals surface area (Å²) in [6.07, 6.45) is -3.41. The number of ether oxygens (including phenoxy) is 4. The predicted molar refractivity (Wildman–Crippen MR) is 76.8 cm³/mol. The molecule has 4 unspecified atom stereocenters. The van der Waals surface area contributed by atoms with Crippen molar-refractivity contribution in [2.24, 2.45) is 0 Å². The van der Waals surface area contributed by atoms with E-state index in [2.05, 4.69) is 6.58 Å². The van der Waals surface area contributed by atoms with E-state index in [0.717, 1.165) is 5.56 Å². The summed E-state index contributed by atoms with van der Waals surface area (Å²) in [7, 11) is 0. The van der Waals surface area contributed by atoms with Crippen LogP contribution in [0.3, 0.4) is 0 Å². The molecule has 0 aliphatic carbocycles. The minimum atomic E-state index is -1.18. The minimum absolute atomic E-state index is 0.222. The van der Waals surface area contributed by atoms with Crippen LogP contribution in [-0.4, -0.2) is 54.1 Å². The van der Waals surface area contributed by atoms with Crippen LogP contribution in [0.25, 0.3) is 0 Å². The fraction of sp³-hybridized carbons (Fsp3) is 0.500. The molecule has 120 valence electrons. The summed E-state index contributed by atoms with van der Waals surface area (Å²) in [6.45, 7) is 4.01. The first-order chi connectivity index (χ1) is 10.7. The van der Waals surface area contributed by atoms with Crippen molar-refractivity contribution in [2.75, 3.05) is 13.2 Å². The predicted octanol–water partition coefficient (Wildman–Crippen LogP) is 0.750. The number of fused-ring (bicyclic) bond motifs is 1. The number of aliphatic hydroxyl groups excluding tert-OH is 2. The Balaban J connectivity index is 1.69. The van der Waals surface area contributed by atoms with E-state index >= 15 is 0 Å². The van der Waals surface area contributed by atoms with Crippen LogP contribution in [0.5, 0.6) is 0 Å². The SMILES string of the molecule is C=CCO[C@H]1OC2COC(c3ccccc3)O[C@H]2C(O)C1O. The zero-order valence-corrected chi connectivity index (χ0v) is 12.1. The normalized spacial score (nSPS) is 38.3. The average Bonchev–Trinajstić information content (AvgIpc) is 2.57. The van der Waals surface area contributed by atoms with Gasteiger partial charge in [-0.05, 0) is 0 Å². The standard InChI is InChI=1S/C16H20O6/c1-2-8-19-16-13(18)12(17)14-11(21-16)9-20-15(22-14)10-6-4-3-5-7-10/h2-7,11-18H,1,8-9H2/t11?,12?,13?,14-,15?,16+/m1/s1. The first-order valence-electron chi connectivity index (χ1n) is 7.27. The van der Waals surface area contributed by atoms with E-state index in [-0.39, 0.29) is 13.2 Å². The number of hydrogen-bond acceptors (Lipinski definition) is 6. The molecule has 0 radical (unpaired) electrons. The van der Waals surface area contributed by atoms with E-state index < -0.39 is 37.0 Å². The van der Waals surface area contributed by atoms with Crippen molar-refractivity contribution in [3.63, 3.8) is 0 Å². The van der Waals surface area contributed by atoms with Crippen molar-refractivity contribution in [3.8, 4) is 0 Å². The van der Waals surface area contributed by atoms with Crippen LogP contribution in [0, 0.1) is 0 Å². The maximum atomic E-state index is 10.3. The Hall–Kier alpha value is -1.28. The van der Waals surface area contributed by atoms with Crippen LogP contribution in [-0.2, 0) is 18.9 Å². The zero-order chi connectivity index (χ0) is 15.5. The highest BCUT2D eigenvalue weighted by molar-refractivity contribution is 5.16. The molecule has 2 aliphatic heterocycles. The molecule has 0 amide bonds. The first kappa shape index (κ1) is 15.6. The summed E-state index contributed by atoms with van der Waals surface area (Å²) in [5.41, 5.74) is 0.854. The third-order valence-electron chi connectivity index (χ3n) is 3.78. The number of benzene rings is 1. The zero-order valence-electron chi connectivity index (χ0n) is 12.1. The van der Waals surface area contributed by atoms with Gasteiger partial charge in [0.2, 0.25) is 0 Å². The van der Waals surface area contributed by atoms with E-state index in [1.54, 1.807) is 6.08 Å². The van der Waals surface area contributed by atoms with Gasteiger partial charge in [0.15, 0.2) is 12.6 Å². The van der Waals surface area contributed by atoms with Gasteiger partial charge in [-0.25, -0.2) is 0 Å². The third kappa shape index (κ3) is 3.08. The van der Waals surface area contributed by atoms with Crippen molar-refractivity contribution < 1.29 is 29.2 Å². The number of rotatable bonds is 4. The van der Waals surface area contributed by atoms with Crippen LogP contribution in [0.4, 0.5) is 0 Å². The van der Waals surface area contributed by atoms with Crippen molar-refractivity contribution in [1.82, 2.24) is 0 Å². The molecule has 0 bridgehead atoms. The second kappa shape index (κ2) is 6.87. The van der Waals surface area contributed by atoms with Gasteiger partial charge >= 0.3 is 0 Å². The summed E-state index contributed by atoms with van der Waals surface area (Å²) in [4.78, 5) is 0. The van der Waals surface area contributed by atoms with E-state index in [0.29, 0.717) is 0 Å².